The summed E-state index contributed by atoms with van der Waals surface area (Å²) in [5, 5.41) is 65.5. The number of rotatable bonds is 8. The van der Waals surface area contributed by atoms with Crippen molar-refractivity contribution in [2.75, 3.05) is 13.2 Å². The molecule has 0 bridgehead atoms. The topological polar surface area (TPSA) is 194 Å². The molecule has 0 aromatic carbocycles. The molecule has 2 spiro atoms. The fourth-order valence-electron chi connectivity index (χ4n) is 15.1. The van der Waals surface area contributed by atoms with E-state index in [-0.39, 0.29) is 64.0 Å². The van der Waals surface area contributed by atoms with E-state index in [9.17, 15) is 35.4 Å². The summed E-state index contributed by atoms with van der Waals surface area (Å²) in [5.74, 6) is -0.606. The Labute approximate surface area is 332 Å². The van der Waals surface area contributed by atoms with Crippen LogP contribution in [0.2, 0.25) is 0 Å². The standard InChI is InChI=1S/C43H70O13/c1-10-52-43(35(50)20(2)3)16-21(4)28-25(56-43)17-40(9)26-15-23(44)34-38(6,7)27(11-12-42(34)19-41(26,42)14-13-39(28,40)8)54-37-33(30(47)24(45)18-51-37)55-36-32(49)31(48)29(46)22(5)53-36/h20-34,36-37,44-49H,10-19H2,1-9H3/t21-,22+,23+,24-,25+,26+,27+,28+,29+,30+,31-,32-,33-,34+,36+,37+,39-,40+,41+,42-,43+/m1/s1. The van der Waals surface area contributed by atoms with Gasteiger partial charge in [-0.05, 0) is 110 Å². The van der Waals surface area contributed by atoms with Gasteiger partial charge in [-0.1, -0.05) is 48.5 Å². The van der Waals surface area contributed by atoms with Gasteiger partial charge >= 0.3 is 0 Å². The first-order valence-corrected chi connectivity index (χ1v) is 21.7. The second kappa shape index (κ2) is 13.9. The molecule has 8 fully saturated rings. The molecule has 3 saturated heterocycles. The highest BCUT2D eigenvalue weighted by Crippen LogP contribution is 2.89. The second-order valence-electron chi connectivity index (χ2n) is 21.0. The van der Waals surface area contributed by atoms with E-state index in [1.807, 2.05) is 20.8 Å². The Morgan fingerprint density at radius 2 is 1.54 bits per heavy atom. The van der Waals surface area contributed by atoms with Crippen molar-refractivity contribution in [2.45, 2.75) is 193 Å². The highest BCUT2D eigenvalue weighted by atomic mass is 16.8. The van der Waals surface area contributed by atoms with Gasteiger partial charge in [0.2, 0.25) is 5.79 Å². The summed E-state index contributed by atoms with van der Waals surface area (Å²) >= 11 is 0. The molecular formula is C43H70O13. The maximum absolute atomic E-state index is 13.7. The average Bonchev–Trinajstić information content (AvgIpc) is 3.71. The molecule has 13 nitrogen and oxygen atoms in total. The fourth-order valence-corrected chi connectivity index (χ4v) is 15.1. The van der Waals surface area contributed by atoms with Crippen LogP contribution in [-0.2, 0) is 33.2 Å². The van der Waals surface area contributed by atoms with E-state index in [4.69, 9.17) is 28.4 Å². The third-order valence-electron chi connectivity index (χ3n) is 17.7. The van der Waals surface area contributed by atoms with Gasteiger partial charge in [-0.25, -0.2) is 0 Å². The highest BCUT2D eigenvalue weighted by Gasteiger charge is 2.85. The minimum atomic E-state index is -1.61. The predicted octanol–water partition coefficient (Wildman–Crippen LogP) is 3.07. The molecule has 0 amide bonds. The summed E-state index contributed by atoms with van der Waals surface area (Å²) in [7, 11) is 0. The van der Waals surface area contributed by atoms with Crippen molar-refractivity contribution < 1.29 is 63.9 Å². The molecule has 320 valence electrons. The van der Waals surface area contributed by atoms with Crippen molar-refractivity contribution in [2.24, 2.45) is 56.7 Å². The lowest BCUT2D eigenvalue weighted by molar-refractivity contribution is -0.364. The lowest BCUT2D eigenvalue weighted by atomic mass is 9.41. The van der Waals surface area contributed by atoms with Crippen molar-refractivity contribution in [3.05, 3.63) is 0 Å². The maximum atomic E-state index is 13.7. The first kappa shape index (κ1) is 41.9. The van der Waals surface area contributed by atoms with Crippen molar-refractivity contribution in [3.63, 3.8) is 0 Å². The summed E-state index contributed by atoms with van der Waals surface area (Å²) in [6, 6.07) is 0. The fraction of sp³-hybridized carbons (Fsp3) is 0.977. The summed E-state index contributed by atoms with van der Waals surface area (Å²) in [5.41, 5.74) is -0.598. The Bertz CT molecular complexity index is 1510. The molecule has 6 N–H and O–H groups in total. The number of aliphatic hydroxyl groups excluding tert-OH is 6. The number of hydrogen-bond acceptors (Lipinski definition) is 13. The SMILES string of the molecule is CCO[C@@]1(C(=O)C(C)C)C[C@@H](C)[C@H]2[C@H](C[C@@]3(C)[C@@H]4C[C@H](O)[C@H]5C(C)(C)[C@@H](O[C@@H]6OC[C@@H](O)[C@H](O)[C@H]6O[C@@H]6O[C@@H](C)[C@H](O)[C@@H](O)[C@H]6O)CC[C@@]56C[C@@]46CC[C@]23C)O1. The predicted molar refractivity (Wildman–Crippen MR) is 200 cm³/mol. The van der Waals surface area contributed by atoms with Gasteiger partial charge in [0.05, 0.1) is 31.0 Å². The van der Waals surface area contributed by atoms with Gasteiger partial charge in [0, 0.05) is 18.9 Å². The summed E-state index contributed by atoms with van der Waals surface area (Å²) in [6.07, 6.45) is -6.00. The van der Waals surface area contributed by atoms with Gasteiger partial charge in [0.25, 0.3) is 0 Å². The van der Waals surface area contributed by atoms with E-state index in [2.05, 4.69) is 34.6 Å². The number of Topliss-reactive ketones (excluding diaryl/α,β-unsaturated/α-hetero) is 1. The molecule has 0 unspecified atom stereocenters. The van der Waals surface area contributed by atoms with Crippen LogP contribution in [0.1, 0.15) is 114 Å². The molecule has 0 aromatic rings. The van der Waals surface area contributed by atoms with E-state index in [0.29, 0.717) is 37.7 Å². The quantitative estimate of drug-likeness (QED) is 0.197. The summed E-state index contributed by atoms with van der Waals surface area (Å²) < 4.78 is 37.7. The van der Waals surface area contributed by atoms with Gasteiger partial charge < -0.3 is 59.1 Å². The number of carbonyl (C=O) groups excluding carboxylic acids is 1. The number of fused-ring (bicyclic) bond motifs is 4. The number of ketones is 1. The molecule has 0 radical (unpaired) electrons. The van der Waals surface area contributed by atoms with Crippen LogP contribution in [0, 0.1) is 56.7 Å². The zero-order valence-electron chi connectivity index (χ0n) is 34.9. The van der Waals surface area contributed by atoms with E-state index in [1.54, 1.807) is 6.92 Å². The molecule has 21 atom stereocenters. The molecule has 5 aliphatic carbocycles. The Kier molecular flexibility index (Phi) is 10.4. The van der Waals surface area contributed by atoms with Crippen molar-refractivity contribution in [1.82, 2.24) is 0 Å². The highest BCUT2D eigenvalue weighted by molar-refractivity contribution is 5.87. The Hall–Kier alpha value is -0.810. The van der Waals surface area contributed by atoms with Crippen molar-refractivity contribution >= 4 is 5.78 Å². The Morgan fingerprint density at radius 3 is 2.21 bits per heavy atom. The van der Waals surface area contributed by atoms with Gasteiger partial charge in [-0.2, -0.15) is 0 Å². The maximum Gasteiger partial charge on any atom is 0.229 e. The number of ether oxygens (including phenoxy) is 6. The molecule has 8 aliphatic rings. The number of aliphatic hydroxyl groups is 6. The first-order valence-electron chi connectivity index (χ1n) is 21.7. The molecule has 3 heterocycles. The lowest BCUT2D eigenvalue weighted by Gasteiger charge is -2.64. The number of hydrogen-bond donors (Lipinski definition) is 6. The van der Waals surface area contributed by atoms with Crippen LogP contribution in [0.3, 0.4) is 0 Å². The molecule has 5 saturated carbocycles. The Morgan fingerprint density at radius 1 is 0.821 bits per heavy atom. The first-order chi connectivity index (χ1) is 26.1. The normalized spacial score (nSPS) is 57.4. The van der Waals surface area contributed by atoms with Crippen LogP contribution < -0.4 is 0 Å². The minimum absolute atomic E-state index is 0.0152. The number of carbonyl (C=O) groups is 1. The van der Waals surface area contributed by atoms with Crippen LogP contribution >= 0.6 is 0 Å². The van der Waals surface area contributed by atoms with Crippen LogP contribution in [0.25, 0.3) is 0 Å². The smallest absolute Gasteiger partial charge is 0.229 e. The van der Waals surface area contributed by atoms with Gasteiger partial charge in [0.1, 0.15) is 36.6 Å². The monoisotopic (exact) mass is 794 g/mol. The zero-order chi connectivity index (χ0) is 40.7. The zero-order valence-corrected chi connectivity index (χ0v) is 34.9. The molecular weight excluding hydrogens is 724 g/mol. The van der Waals surface area contributed by atoms with Crippen LogP contribution in [-0.4, -0.2) is 129 Å². The minimum Gasteiger partial charge on any atom is -0.393 e. The second-order valence-corrected chi connectivity index (χ2v) is 21.0. The third-order valence-corrected chi connectivity index (χ3v) is 17.7. The lowest BCUT2D eigenvalue weighted by Crippen LogP contribution is -2.64. The van der Waals surface area contributed by atoms with E-state index in [0.717, 1.165) is 32.1 Å². The van der Waals surface area contributed by atoms with Gasteiger partial charge in [0.15, 0.2) is 18.4 Å². The van der Waals surface area contributed by atoms with Gasteiger partial charge in [-0.3, -0.25) is 4.79 Å². The molecule has 56 heavy (non-hydrogen) atoms. The third kappa shape index (κ3) is 5.65. The van der Waals surface area contributed by atoms with E-state index >= 15 is 0 Å². The average molecular weight is 795 g/mol. The summed E-state index contributed by atoms with van der Waals surface area (Å²) in [4.78, 5) is 13.7. The van der Waals surface area contributed by atoms with Crippen LogP contribution in [0.15, 0.2) is 0 Å². The Balaban J connectivity index is 1.03. The molecule has 3 aliphatic heterocycles. The molecule has 8 rings (SSSR count). The van der Waals surface area contributed by atoms with E-state index < -0.39 is 72.6 Å². The van der Waals surface area contributed by atoms with E-state index in [1.165, 1.54) is 0 Å². The van der Waals surface area contributed by atoms with Crippen LogP contribution in [0.5, 0.6) is 0 Å². The summed E-state index contributed by atoms with van der Waals surface area (Å²) in [6.45, 7) is 19.1. The van der Waals surface area contributed by atoms with Crippen LogP contribution in [0.4, 0.5) is 0 Å². The largest absolute Gasteiger partial charge is 0.393 e. The van der Waals surface area contributed by atoms with Crippen molar-refractivity contribution in [1.29, 1.82) is 0 Å². The molecule has 13 heteroatoms. The van der Waals surface area contributed by atoms with Crippen molar-refractivity contribution in [3.8, 4) is 0 Å². The van der Waals surface area contributed by atoms with Gasteiger partial charge in [-0.15, -0.1) is 0 Å². The molecule has 0 aromatic heterocycles.